The number of halogens is 4. The quantitative estimate of drug-likeness (QED) is 0.0547. The summed E-state index contributed by atoms with van der Waals surface area (Å²) in [7, 11) is 0. The summed E-state index contributed by atoms with van der Waals surface area (Å²) in [5.74, 6) is -1.15. The molecule has 4 aromatic rings. The van der Waals surface area contributed by atoms with Gasteiger partial charge in [0.15, 0.2) is 11.6 Å². The van der Waals surface area contributed by atoms with Crippen LogP contribution in [0.2, 0.25) is 0 Å². The number of ether oxygens (including phenoxy) is 2. The summed E-state index contributed by atoms with van der Waals surface area (Å²) in [6.45, 7) is -0.141. The van der Waals surface area contributed by atoms with Crippen LogP contribution >= 0.6 is 0 Å². The Balaban J connectivity index is 1.58. The summed E-state index contributed by atoms with van der Waals surface area (Å²) in [5, 5.41) is 15.5. The van der Waals surface area contributed by atoms with Crippen molar-refractivity contribution in [3.8, 4) is 5.75 Å². The number of carbonyl (C=O) groups excluding carboxylic acids is 1. The number of carbonyl (C=O) groups is 1. The molecule has 2 N–H and O–H groups in total. The Hall–Kier alpha value is -5.39. The van der Waals surface area contributed by atoms with Gasteiger partial charge in [-0.15, -0.1) is 0 Å². The maximum atomic E-state index is 14.4. The van der Waals surface area contributed by atoms with Gasteiger partial charge in [0.2, 0.25) is 5.90 Å². The highest BCUT2D eigenvalue weighted by Crippen LogP contribution is 2.44. The Morgan fingerprint density at radius 3 is 2.47 bits per heavy atom. The number of hydrogen-bond acceptors (Lipinski definition) is 6. The summed E-state index contributed by atoms with van der Waals surface area (Å²) < 4.78 is 66.4. The van der Waals surface area contributed by atoms with Crippen molar-refractivity contribution in [2.45, 2.75) is 37.2 Å². The highest BCUT2D eigenvalue weighted by molar-refractivity contribution is 6.01. The monoisotopic (exact) mass is 647 g/mol. The molecule has 0 saturated carbocycles. The second kappa shape index (κ2) is 14.4. The molecule has 0 bridgehead atoms. The molecule has 1 aliphatic rings. The fourth-order valence-corrected chi connectivity index (χ4v) is 5.26. The van der Waals surface area contributed by atoms with Gasteiger partial charge in [0.25, 0.3) is 5.91 Å². The van der Waals surface area contributed by atoms with Crippen molar-refractivity contribution in [2.75, 3.05) is 13.2 Å². The highest BCUT2D eigenvalue weighted by Gasteiger charge is 2.53. The van der Waals surface area contributed by atoms with E-state index in [0.717, 1.165) is 12.1 Å². The van der Waals surface area contributed by atoms with E-state index in [9.17, 15) is 27.9 Å². The number of alkyl halides is 3. The number of benzene rings is 4. The van der Waals surface area contributed by atoms with E-state index in [1.807, 2.05) is 0 Å². The first-order valence-corrected chi connectivity index (χ1v) is 14.6. The van der Waals surface area contributed by atoms with Crippen LogP contribution in [0.5, 0.6) is 5.75 Å². The van der Waals surface area contributed by atoms with Crippen molar-refractivity contribution in [2.24, 2.45) is 10.1 Å². The minimum atomic E-state index is -4.79. The third kappa shape index (κ3) is 7.71. The lowest BCUT2D eigenvalue weighted by Gasteiger charge is -2.31. The van der Waals surface area contributed by atoms with E-state index in [4.69, 9.17) is 19.6 Å². The molecule has 1 aliphatic heterocycles. The van der Waals surface area contributed by atoms with Gasteiger partial charge in [0.1, 0.15) is 11.6 Å². The Bertz CT molecular complexity index is 1790. The maximum absolute atomic E-state index is 14.4. The standard InChI is InChI=1S/C34H29F4N5O4/c35-27-18-22(17-26(19-27)34(36,37)38)21-40-32(45)33(20-25-9-4-5-10-29(25)42-43-39)30(23-7-2-1-3-8-23)47-31(41-33)24-11-13-28(14-12-24)46-16-6-15-44/h1-5,7-14,17-19,30,44H,6,15-16,20-21H2,(H,40,45)/t30-,33-/m1/s1. The van der Waals surface area contributed by atoms with Crippen LogP contribution in [0.1, 0.15) is 40.3 Å². The molecule has 0 radical (unpaired) electrons. The molecule has 0 aliphatic carbocycles. The molecule has 242 valence electrons. The van der Waals surface area contributed by atoms with Gasteiger partial charge in [-0.1, -0.05) is 59.7 Å². The molecule has 5 rings (SSSR count). The molecule has 47 heavy (non-hydrogen) atoms. The lowest BCUT2D eigenvalue weighted by Crippen LogP contribution is -2.49. The van der Waals surface area contributed by atoms with Crippen LogP contribution in [0.15, 0.2) is 107 Å². The second-order valence-electron chi connectivity index (χ2n) is 10.7. The average molecular weight is 648 g/mol. The zero-order valence-electron chi connectivity index (χ0n) is 24.8. The molecule has 2 atom stereocenters. The van der Waals surface area contributed by atoms with Gasteiger partial charge in [0, 0.05) is 42.2 Å². The third-order valence-corrected chi connectivity index (χ3v) is 7.47. The summed E-state index contributed by atoms with van der Waals surface area (Å²) in [5.41, 5.74) is 7.96. The van der Waals surface area contributed by atoms with Crippen molar-refractivity contribution in [3.05, 3.63) is 141 Å². The van der Waals surface area contributed by atoms with Gasteiger partial charge in [-0.05, 0) is 64.7 Å². The van der Waals surface area contributed by atoms with E-state index in [-0.39, 0.29) is 30.2 Å². The highest BCUT2D eigenvalue weighted by atomic mass is 19.4. The fraction of sp³-hybridized carbons (Fsp3) is 0.235. The Labute approximate surface area is 267 Å². The summed E-state index contributed by atoms with van der Waals surface area (Å²) in [6.07, 6.45) is -5.49. The number of nitrogens with zero attached hydrogens (tertiary/aromatic N) is 4. The Morgan fingerprint density at radius 2 is 1.77 bits per heavy atom. The number of rotatable bonds is 12. The van der Waals surface area contributed by atoms with E-state index in [1.54, 1.807) is 78.9 Å². The van der Waals surface area contributed by atoms with Crippen molar-refractivity contribution in [3.63, 3.8) is 0 Å². The molecular weight excluding hydrogens is 618 g/mol. The van der Waals surface area contributed by atoms with Gasteiger partial charge >= 0.3 is 6.18 Å². The zero-order valence-corrected chi connectivity index (χ0v) is 24.8. The topological polar surface area (TPSA) is 129 Å². The van der Waals surface area contributed by atoms with Gasteiger partial charge in [-0.25, -0.2) is 9.38 Å². The predicted octanol–water partition coefficient (Wildman–Crippen LogP) is 7.36. The smallest absolute Gasteiger partial charge is 0.416 e. The second-order valence-corrected chi connectivity index (χ2v) is 10.7. The first-order valence-electron chi connectivity index (χ1n) is 14.6. The molecule has 1 amide bonds. The molecule has 4 aromatic carbocycles. The minimum Gasteiger partial charge on any atom is -0.494 e. The van der Waals surface area contributed by atoms with Gasteiger partial charge in [-0.2, -0.15) is 13.2 Å². The van der Waals surface area contributed by atoms with Gasteiger partial charge in [-0.3, -0.25) is 4.79 Å². The molecule has 9 nitrogen and oxygen atoms in total. The fourth-order valence-electron chi connectivity index (χ4n) is 5.26. The zero-order chi connectivity index (χ0) is 33.4. The molecule has 0 spiro atoms. The normalized spacial score (nSPS) is 17.3. The molecule has 13 heteroatoms. The molecule has 0 unspecified atom stereocenters. The number of aliphatic hydroxyl groups is 1. The largest absolute Gasteiger partial charge is 0.494 e. The Kier molecular flexibility index (Phi) is 10.1. The number of nitrogens with one attached hydrogen (secondary N) is 1. The lowest BCUT2D eigenvalue weighted by atomic mass is 9.81. The Morgan fingerprint density at radius 1 is 1.04 bits per heavy atom. The molecule has 0 saturated heterocycles. The summed E-state index contributed by atoms with van der Waals surface area (Å²) in [6, 6.07) is 24.3. The summed E-state index contributed by atoms with van der Waals surface area (Å²) >= 11 is 0. The predicted molar refractivity (Wildman–Crippen MR) is 165 cm³/mol. The molecule has 1 heterocycles. The van der Waals surface area contributed by atoms with Crippen molar-refractivity contribution in [1.29, 1.82) is 0 Å². The number of aliphatic imine (C=N–C) groups is 1. The van der Waals surface area contributed by atoms with Crippen molar-refractivity contribution >= 4 is 17.5 Å². The lowest BCUT2D eigenvalue weighted by molar-refractivity contribution is -0.137. The van der Waals surface area contributed by atoms with Crippen LogP contribution in [0.25, 0.3) is 10.4 Å². The van der Waals surface area contributed by atoms with Crippen LogP contribution in [-0.2, 0) is 28.7 Å². The molecule has 0 fully saturated rings. The number of hydrogen-bond donors (Lipinski definition) is 2. The average Bonchev–Trinajstić information content (AvgIpc) is 3.45. The molecule has 0 aromatic heterocycles. The van der Waals surface area contributed by atoms with Crippen molar-refractivity contribution in [1.82, 2.24) is 5.32 Å². The third-order valence-electron chi connectivity index (χ3n) is 7.47. The number of aliphatic hydroxyl groups excluding tert-OH is 1. The van der Waals surface area contributed by atoms with Gasteiger partial charge < -0.3 is 19.9 Å². The maximum Gasteiger partial charge on any atom is 0.416 e. The molecular formula is C34H29F4N5O4. The van der Waals surface area contributed by atoms with Crippen LogP contribution in [-0.4, -0.2) is 35.7 Å². The number of amides is 1. The van der Waals surface area contributed by atoms with Crippen LogP contribution in [0.4, 0.5) is 23.2 Å². The first-order chi connectivity index (χ1) is 22.6. The van der Waals surface area contributed by atoms with Crippen molar-refractivity contribution < 1.29 is 36.9 Å². The van der Waals surface area contributed by atoms with E-state index in [1.165, 1.54) is 0 Å². The van der Waals surface area contributed by atoms with Crippen LogP contribution in [0.3, 0.4) is 0 Å². The van der Waals surface area contributed by atoms with E-state index in [0.29, 0.717) is 41.5 Å². The van der Waals surface area contributed by atoms with E-state index in [2.05, 4.69) is 15.3 Å². The minimum absolute atomic E-state index is 0.0146. The summed E-state index contributed by atoms with van der Waals surface area (Å²) in [4.78, 5) is 22.1. The first kappa shape index (κ1) is 33.0. The van der Waals surface area contributed by atoms with Gasteiger partial charge in [0.05, 0.1) is 12.2 Å². The van der Waals surface area contributed by atoms with Crippen LogP contribution < -0.4 is 10.1 Å². The number of azide groups is 1. The van der Waals surface area contributed by atoms with Crippen LogP contribution in [0, 0.1) is 5.82 Å². The SMILES string of the molecule is [N-]=[N+]=Nc1ccccc1C[C@@]1(C(=O)NCc2cc(F)cc(C(F)(F)F)c2)N=C(c2ccc(OCCCO)cc2)O[C@@H]1c1ccccc1. The van der Waals surface area contributed by atoms with E-state index < -0.39 is 41.7 Å². The van der Waals surface area contributed by atoms with E-state index >= 15 is 0 Å².